The first-order valence-electron chi connectivity index (χ1n) is 3.50. The van der Waals surface area contributed by atoms with Crippen molar-refractivity contribution in [3.8, 4) is 0 Å². The Kier molecular flexibility index (Phi) is 11.6. The topological polar surface area (TPSA) is 28.0 Å². The summed E-state index contributed by atoms with van der Waals surface area (Å²) in [5.74, 6) is 0. The van der Waals surface area contributed by atoms with Gasteiger partial charge >= 0.3 is 0 Å². The van der Waals surface area contributed by atoms with E-state index < -0.39 is 0 Å². The molecule has 4 heteroatoms. The molecule has 0 aliphatic carbocycles. The first-order chi connectivity index (χ1) is 4.77. The zero-order chi connectivity index (χ0) is 7.82. The number of aliphatic imine (C=N–C) groups is 2. The largest absolute Gasteiger partial charge is 0.308 e. The fourth-order valence-corrected chi connectivity index (χ4v) is 0.421. The highest BCUT2D eigenvalue weighted by Crippen LogP contribution is 1.73. The number of hydrogen-bond acceptors (Lipinski definition) is 3. The monoisotopic (exact) mass is 177 g/mol. The third kappa shape index (κ3) is 12.8. The molecule has 0 aromatic carbocycles. The van der Waals surface area contributed by atoms with Crippen molar-refractivity contribution < 1.29 is 0 Å². The molecule has 0 aliphatic heterocycles. The highest BCUT2D eigenvalue weighted by atomic mass is 35.5. The van der Waals surface area contributed by atoms with Crippen molar-refractivity contribution in [2.24, 2.45) is 9.98 Å². The molecule has 0 aromatic heterocycles. The van der Waals surface area contributed by atoms with Crippen LogP contribution in [0.25, 0.3) is 0 Å². The zero-order valence-corrected chi connectivity index (χ0v) is 8.19. The average Bonchev–Trinajstić information content (AvgIpc) is 1.87. The second kappa shape index (κ2) is 9.63. The standard InChI is InChI=1S/C7H15N3.ClH/c1-4-8-7-9-5-6-10(2)3;/h4-6H2,1-3H3;1H. The van der Waals surface area contributed by atoms with Crippen LogP contribution in [0.1, 0.15) is 6.92 Å². The second-order valence-electron chi connectivity index (χ2n) is 2.26. The van der Waals surface area contributed by atoms with E-state index in [-0.39, 0.29) is 12.4 Å². The molecule has 0 amide bonds. The van der Waals surface area contributed by atoms with E-state index in [0.717, 1.165) is 19.6 Å². The molecule has 0 unspecified atom stereocenters. The maximum atomic E-state index is 3.94. The van der Waals surface area contributed by atoms with Crippen molar-refractivity contribution in [1.29, 1.82) is 0 Å². The van der Waals surface area contributed by atoms with Crippen LogP contribution in [0.5, 0.6) is 0 Å². The Morgan fingerprint density at radius 1 is 1.27 bits per heavy atom. The van der Waals surface area contributed by atoms with Crippen molar-refractivity contribution in [1.82, 2.24) is 4.90 Å². The van der Waals surface area contributed by atoms with E-state index >= 15 is 0 Å². The van der Waals surface area contributed by atoms with Crippen LogP contribution in [0.15, 0.2) is 9.98 Å². The summed E-state index contributed by atoms with van der Waals surface area (Å²) in [6.45, 7) is 4.49. The Balaban J connectivity index is 0. The molecule has 0 saturated heterocycles. The van der Waals surface area contributed by atoms with Gasteiger partial charge in [-0.25, -0.2) is 9.98 Å². The molecule has 0 spiro atoms. The molecule has 0 atom stereocenters. The molecule has 0 fully saturated rings. The molecule has 0 saturated carbocycles. The van der Waals surface area contributed by atoms with Gasteiger partial charge in [-0.05, 0) is 21.0 Å². The van der Waals surface area contributed by atoms with E-state index in [4.69, 9.17) is 0 Å². The van der Waals surface area contributed by atoms with E-state index in [1.165, 1.54) is 0 Å². The van der Waals surface area contributed by atoms with Gasteiger partial charge in [-0.3, -0.25) is 0 Å². The summed E-state index contributed by atoms with van der Waals surface area (Å²) in [6, 6.07) is 2.61. The third-order valence-corrected chi connectivity index (χ3v) is 0.959. The maximum Gasteiger partial charge on any atom is 0.0892 e. The number of halogens is 1. The molecule has 0 radical (unpaired) electrons. The fourth-order valence-electron chi connectivity index (χ4n) is 0.421. The lowest BCUT2D eigenvalue weighted by atomic mass is 10.6. The summed E-state index contributed by atoms with van der Waals surface area (Å²) in [4.78, 5) is 9.86. The maximum absolute atomic E-state index is 3.94. The number of likely N-dealkylation sites (N-methyl/N-ethyl adjacent to an activating group) is 1. The summed E-state index contributed by atoms with van der Waals surface area (Å²) < 4.78 is 0. The Morgan fingerprint density at radius 2 is 1.91 bits per heavy atom. The molecule has 0 rings (SSSR count). The number of hydrogen-bond donors (Lipinski definition) is 0. The van der Waals surface area contributed by atoms with Gasteiger partial charge in [-0.1, -0.05) is 0 Å². The summed E-state index contributed by atoms with van der Waals surface area (Å²) in [5, 5.41) is 0. The van der Waals surface area contributed by atoms with Gasteiger partial charge in [0.25, 0.3) is 0 Å². The van der Waals surface area contributed by atoms with Crippen molar-refractivity contribution in [3.63, 3.8) is 0 Å². The van der Waals surface area contributed by atoms with Crippen molar-refractivity contribution in [2.45, 2.75) is 6.92 Å². The molecular weight excluding hydrogens is 162 g/mol. The molecular formula is C7H16ClN3. The first kappa shape index (κ1) is 13.2. The minimum atomic E-state index is 0. The van der Waals surface area contributed by atoms with Crippen molar-refractivity contribution in [2.75, 3.05) is 33.7 Å². The van der Waals surface area contributed by atoms with Gasteiger partial charge < -0.3 is 4.90 Å². The van der Waals surface area contributed by atoms with Crippen LogP contribution in [0.2, 0.25) is 0 Å². The Labute approximate surface area is 74.6 Å². The molecule has 0 N–H and O–H groups in total. The van der Waals surface area contributed by atoms with E-state index in [9.17, 15) is 0 Å². The Bertz CT molecular complexity index is 128. The molecule has 3 nitrogen and oxygen atoms in total. The van der Waals surface area contributed by atoms with Gasteiger partial charge in [0.15, 0.2) is 0 Å². The van der Waals surface area contributed by atoms with Crippen LogP contribution < -0.4 is 0 Å². The number of rotatable bonds is 4. The molecule has 0 aliphatic rings. The summed E-state index contributed by atoms with van der Waals surface area (Å²) >= 11 is 0. The predicted octanol–water partition coefficient (Wildman–Crippen LogP) is 1.16. The molecule has 0 heterocycles. The second-order valence-corrected chi connectivity index (χ2v) is 2.26. The lowest BCUT2D eigenvalue weighted by molar-refractivity contribution is 0.421. The third-order valence-electron chi connectivity index (χ3n) is 0.959. The molecule has 0 aromatic rings. The highest BCUT2D eigenvalue weighted by Gasteiger charge is 1.83. The average molecular weight is 178 g/mol. The van der Waals surface area contributed by atoms with E-state index in [1.54, 1.807) is 0 Å². The van der Waals surface area contributed by atoms with Crippen molar-refractivity contribution >= 4 is 18.4 Å². The normalized spacial score (nSPS) is 8.36. The van der Waals surface area contributed by atoms with E-state index in [0.29, 0.717) is 0 Å². The summed E-state index contributed by atoms with van der Waals surface area (Å²) in [5.41, 5.74) is 0. The van der Waals surface area contributed by atoms with Gasteiger partial charge in [0.05, 0.1) is 12.6 Å². The van der Waals surface area contributed by atoms with Crippen LogP contribution in [-0.2, 0) is 0 Å². The quantitative estimate of drug-likeness (QED) is 0.593. The van der Waals surface area contributed by atoms with Gasteiger partial charge in [0, 0.05) is 13.1 Å². The molecule has 11 heavy (non-hydrogen) atoms. The molecule has 66 valence electrons. The minimum absolute atomic E-state index is 0. The molecule has 0 bridgehead atoms. The summed E-state index contributed by atoms with van der Waals surface area (Å²) in [6.07, 6.45) is 0. The first-order valence-corrected chi connectivity index (χ1v) is 3.50. The van der Waals surface area contributed by atoms with Gasteiger partial charge in [0.2, 0.25) is 0 Å². The van der Waals surface area contributed by atoms with E-state index in [2.05, 4.69) is 20.9 Å². The van der Waals surface area contributed by atoms with Gasteiger partial charge in [-0.15, -0.1) is 12.4 Å². The zero-order valence-electron chi connectivity index (χ0n) is 7.37. The SMILES string of the molecule is CCN=C=NCCN(C)C.Cl. The fraction of sp³-hybridized carbons (Fsp3) is 0.857. The van der Waals surface area contributed by atoms with Crippen LogP contribution in [-0.4, -0.2) is 44.6 Å². The van der Waals surface area contributed by atoms with Crippen LogP contribution in [0.4, 0.5) is 0 Å². The van der Waals surface area contributed by atoms with Crippen LogP contribution >= 0.6 is 12.4 Å². The van der Waals surface area contributed by atoms with Gasteiger partial charge in [-0.2, -0.15) is 0 Å². The van der Waals surface area contributed by atoms with E-state index in [1.807, 2.05) is 21.0 Å². The minimum Gasteiger partial charge on any atom is -0.308 e. The Hall–Kier alpha value is -0.370. The van der Waals surface area contributed by atoms with Crippen LogP contribution in [0, 0.1) is 0 Å². The highest BCUT2D eigenvalue weighted by molar-refractivity contribution is 5.85. The smallest absolute Gasteiger partial charge is 0.0892 e. The predicted molar refractivity (Wildman–Crippen MR) is 51.1 cm³/mol. The summed E-state index contributed by atoms with van der Waals surface area (Å²) in [7, 11) is 4.04. The van der Waals surface area contributed by atoms with Crippen molar-refractivity contribution in [3.05, 3.63) is 0 Å². The Morgan fingerprint density at radius 3 is 2.36 bits per heavy atom. The lowest BCUT2D eigenvalue weighted by Crippen LogP contribution is -2.15. The lowest BCUT2D eigenvalue weighted by Gasteiger charge is -2.03. The van der Waals surface area contributed by atoms with Gasteiger partial charge in [0.1, 0.15) is 0 Å². The number of nitrogens with zero attached hydrogens (tertiary/aromatic N) is 3. The van der Waals surface area contributed by atoms with Crippen LogP contribution in [0.3, 0.4) is 0 Å².